The number of aromatic nitrogens is 3. The first-order valence-electron chi connectivity index (χ1n) is 9.49. The van der Waals surface area contributed by atoms with Crippen LogP contribution in [-0.4, -0.2) is 32.2 Å². The summed E-state index contributed by atoms with van der Waals surface area (Å²) >= 11 is 1.07. The lowest BCUT2D eigenvalue weighted by Crippen LogP contribution is -2.15. The van der Waals surface area contributed by atoms with Gasteiger partial charge in [0.1, 0.15) is 11.6 Å². The fourth-order valence-corrected chi connectivity index (χ4v) is 3.57. The summed E-state index contributed by atoms with van der Waals surface area (Å²) in [6, 6.07) is 13.6. The van der Waals surface area contributed by atoms with E-state index in [9.17, 15) is 18.4 Å². The number of fused-ring (bicyclic) bond motifs is 1. The quantitative estimate of drug-likeness (QED) is 0.425. The normalized spacial score (nSPS) is 10.8. The standard InChI is InChI=1S/C22H17F2N5O2S/c1-13-2-6-16(7-3-13)25-21(31)14-4-9-19-27-28-22(29(19)11-14)32-12-20(30)26-18-8-5-15(23)10-17(18)24/h2-11H,12H2,1H3,(H,25,31)(H,26,30). The third-order valence-electron chi connectivity index (χ3n) is 4.48. The minimum Gasteiger partial charge on any atom is -0.323 e. The molecule has 0 atom stereocenters. The van der Waals surface area contributed by atoms with Gasteiger partial charge in [-0.25, -0.2) is 8.78 Å². The number of aryl methyl sites for hydroxylation is 1. The van der Waals surface area contributed by atoms with Crippen LogP contribution >= 0.6 is 11.8 Å². The molecule has 2 heterocycles. The molecule has 32 heavy (non-hydrogen) atoms. The second kappa shape index (κ2) is 9.15. The highest BCUT2D eigenvalue weighted by Gasteiger charge is 2.14. The molecular weight excluding hydrogens is 436 g/mol. The average molecular weight is 453 g/mol. The number of hydrogen-bond acceptors (Lipinski definition) is 5. The Morgan fingerprint density at radius 3 is 2.53 bits per heavy atom. The van der Waals surface area contributed by atoms with Gasteiger partial charge in [0.2, 0.25) is 5.91 Å². The second-order valence-electron chi connectivity index (χ2n) is 6.91. The minimum absolute atomic E-state index is 0.0859. The molecule has 162 valence electrons. The first-order chi connectivity index (χ1) is 15.4. The van der Waals surface area contributed by atoms with Crippen LogP contribution in [0.5, 0.6) is 0 Å². The van der Waals surface area contributed by atoms with E-state index in [1.54, 1.807) is 22.7 Å². The lowest BCUT2D eigenvalue weighted by atomic mass is 10.2. The van der Waals surface area contributed by atoms with Gasteiger partial charge in [-0.05, 0) is 43.3 Å². The Hall–Kier alpha value is -3.79. The van der Waals surface area contributed by atoms with Gasteiger partial charge in [-0.1, -0.05) is 29.5 Å². The van der Waals surface area contributed by atoms with Gasteiger partial charge in [0, 0.05) is 18.0 Å². The lowest BCUT2D eigenvalue weighted by molar-refractivity contribution is -0.113. The number of pyridine rings is 1. The van der Waals surface area contributed by atoms with E-state index in [1.807, 2.05) is 31.2 Å². The van der Waals surface area contributed by atoms with E-state index in [2.05, 4.69) is 20.8 Å². The van der Waals surface area contributed by atoms with Gasteiger partial charge in [-0.2, -0.15) is 0 Å². The molecule has 0 aliphatic rings. The van der Waals surface area contributed by atoms with Crippen LogP contribution in [-0.2, 0) is 4.79 Å². The largest absolute Gasteiger partial charge is 0.323 e. The number of anilines is 2. The van der Waals surface area contributed by atoms with Gasteiger partial charge in [0.05, 0.1) is 17.0 Å². The maximum atomic E-state index is 13.7. The van der Waals surface area contributed by atoms with Crippen molar-refractivity contribution in [3.63, 3.8) is 0 Å². The summed E-state index contributed by atoms with van der Waals surface area (Å²) in [5.74, 6) is -2.47. The van der Waals surface area contributed by atoms with Crippen molar-refractivity contribution in [1.29, 1.82) is 0 Å². The summed E-state index contributed by atoms with van der Waals surface area (Å²) in [5, 5.41) is 13.7. The molecular formula is C22H17F2N5O2S. The highest BCUT2D eigenvalue weighted by Crippen LogP contribution is 2.20. The van der Waals surface area contributed by atoms with Gasteiger partial charge in [0.15, 0.2) is 10.8 Å². The molecule has 2 aromatic carbocycles. The maximum absolute atomic E-state index is 13.7. The van der Waals surface area contributed by atoms with Crippen molar-refractivity contribution < 1.29 is 18.4 Å². The van der Waals surface area contributed by atoms with Gasteiger partial charge in [-0.15, -0.1) is 10.2 Å². The number of thioether (sulfide) groups is 1. The first-order valence-corrected chi connectivity index (χ1v) is 10.5. The number of amides is 2. The van der Waals surface area contributed by atoms with Crippen LogP contribution in [0.2, 0.25) is 0 Å². The minimum atomic E-state index is -0.861. The number of halogens is 2. The van der Waals surface area contributed by atoms with E-state index in [-0.39, 0.29) is 17.3 Å². The Morgan fingerprint density at radius 2 is 1.78 bits per heavy atom. The van der Waals surface area contributed by atoms with Crippen molar-refractivity contribution in [1.82, 2.24) is 14.6 Å². The predicted octanol–water partition coefficient (Wildman–Crippen LogP) is 4.30. The molecule has 0 aliphatic carbocycles. The van der Waals surface area contributed by atoms with E-state index in [4.69, 9.17) is 0 Å². The van der Waals surface area contributed by atoms with Crippen LogP contribution < -0.4 is 10.6 Å². The number of carbonyl (C=O) groups excluding carboxylic acids is 2. The summed E-state index contributed by atoms with van der Waals surface area (Å²) in [4.78, 5) is 24.8. The van der Waals surface area contributed by atoms with E-state index in [0.717, 1.165) is 29.5 Å². The van der Waals surface area contributed by atoms with Gasteiger partial charge in [0.25, 0.3) is 5.91 Å². The highest BCUT2D eigenvalue weighted by molar-refractivity contribution is 7.99. The van der Waals surface area contributed by atoms with Gasteiger partial charge >= 0.3 is 0 Å². The SMILES string of the molecule is Cc1ccc(NC(=O)c2ccc3nnc(SCC(=O)Nc4ccc(F)cc4F)n3c2)cc1. The van der Waals surface area contributed by atoms with Crippen molar-refractivity contribution in [3.05, 3.63) is 83.6 Å². The lowest BCUT2D eigenvalue weighted by Gasteiger charge is -2.07. The van der Waals surface area contributed by atoms with Crippen LogP contribution in [0, 0.1) is 18.6 Å². The second-order valence-corrected chi connectivity index (χ2v) is 7.85. The third kappa shape index (κ3) is 4.92. The summed E-state index contributed by atoms with van der Waals surface area (Å²) in [5.41, 5.74) is 2.53. The zero-order valence-corrected chi connectivity index (χ0v) is 17.6. The number of nitrogens with zero attached hydrogens (tertiary/aromatic N) is 3. The Balaban J connectivity index is 1.44. The molecule has 0 saturated carbocycles. The van der Waals surface area contributed by atoms with Crippen molar-refractivity contribution >= 4 is 40.6 Å². The summed E-state index contributed by atoms with van der Waals surface area (Å²) in [7, 11) is 0. The zero-order valence-electron chi connectivity index (χ0n) is 16.8. The molecule has 0 aliphatic heterocycles. The van der Waals surface area contributed by atoms with E-state index >= 15 is 0 Å². The van der Waals surface area contributed by atoms with Crippen molar-refractivity contribution in [2.24, 2.45) is 0 Å². The molecule has 0 radical (unpaired) electrons. The molecule has 4 rings (SSSR count). The molecule has 2 amide bonds. The predicted molar refractivity (Wildman–Crippen MR) is 118 cm³/mol. The van der Waals surface area contributed by atoms with Gasteiger partial charge < -0.3 is 10.6 Å². The summed E-state index contributed by atoms with van der Waals surface area (Å²) in [6.07, 6.45) is 1.58. The van der Waals surface area contributed by atoms with Crippen molar-refractivity contribution in [2.45, 2.75) is 12.1 Å². The van der Waals surface area contributed by atoms with Crippen LogP contribution in [0.4, 0.5) is 20.2 Å². The number of hydrogen-bond donors (Lipinski definition) is 2. The van der Waals surface area contributed by atoms with E-state index in [1.165, 1.54) is 0 Å². The Labute approximate surface area is 185 Å². The first kappa shape index (κ1) is 21.4. The van der Waals surface area contributed by atoms with Gasteiger partial charge in [-0.3, -0.25) is 14.0 Å². The highest BCUT2D eigenvalue weighted by atomic mass is 32.2. The van der Waals surface area contributed by atoms with Crippen LogP contribution in [0.15, 0.2) is 66.0 Å². The number of nitrogens with one attached hydrogen (secondary N) is 2. The monoisotopic (exact) mass is 453 g/mol. The molecule has 4 aromatic rings. The topological polar surface area (TPSA) is 88.4 Å². The van der Waals surface area contributed by atoms with E-state index < -0.39 is 17.5 Å². The molecule has 0 spiro atoms. The zero-order chi connectivity index (χ0) is 22.7. The fraction of sp³-hybridized carbons (Fsp3) is 0.0909. The Bertz CT molecular complexity index is 1310. The maximum Gasteiger partial charge on any atom is 0.257 e. The molecule has 0 fully saturated rings. The fourth-order valence-electron chi connectivity index (χ4n) is 2.85. The van der Waals surface area contributed by atoms with E-state index in [0.29, 0.717) is 28.1 Å². The molecule has 2 aromatic heterocycles. The molecule has 10 heteroatoms. The molecule has 0 unspecified atom stereocenters. The van der Waals surface area contributed by atoms with Crippen molar-refractivity contribution in [3.8, 4) is 0 Å². The number of benzene rings is 2. The summed E-state index contributed by atoms with van der Waals surface area (Å²) in [6.45, 7) is 1.96. The number of carbonyl (C=O) groups is 2. The molecule has 0 saturated heterocycles. The molecule has 0 bridgehead atoms. The summed E-state index contributed by atoms with van der Waals surface area (Å²) < 4.78 is 28.3. The Kier molecular flexibility index (Phi) is 6.13. The third-order valence-corrected chi connectivity index (χ3v) is 5.42. The van der Waals surface area contributed by atoms with Crippen LogP contribution in [0.3, 0.4) is 0 Å². The Morgan fingerprint density at radius 1 is 1.00 bits per heavy atom. The van der Waals surface area contributed by atoms with Crippen LogP contribution in [0.25, 0.3) is 5.65 Å². The van der Waals surface area contributed by atoms with Crippen LogP contribution in [0.1, 0.15) is 15.9 Å². The average Bonchev–Trinajstić information content (AvgIpc) is 3.18. The molecule has 2 N–H and O–H groups in total. The molecule has 7 nitrogen and oxygen atoms in total. The van der Waals surface area contributed by atoms with Crippen molar-refractivity contribution in [2.75, 3.05) is 16.4 Å². The number of rotatable bonds is 6. The smallest absolute Gasteiger partial charge is 0.257 e.